The van der Waals surface area contributed by atoms with Crippen molar-refractivity contribution in [3.05, 3.63) is 24.0 Å². The number of imide groups is 1. The van der Waals surface area contributed by atoms with Crippen LogP contribution in [0.5, 0.6) is 5.75 Å². The van der Waals surface area contributed by atoms with E-state index >= 15 is 0 Å². The van der Waals surface area contributed by atoms with Gasteiger partial charge in [0.25, 0.3) is 0 Å². The first kappa shape index (κ1) is 20.9. The number of unbranched alkanes of at least 4 members (excludes halogenated alkanes) is 2. The van der Waals surface area contributed by atoms with Crippen molar-refractivity contribution >= 4 is 27.6 Å². The number of anilines is 1. The van der Waals surface area contributed by atoms with Gasteiger partial charge in [0.1, 0.15) is 6.54 Å². The lowest BCUT2D eigenvalue weighted by molar-refractivity contribution is -0.118. The molecule has 1 saturated heterocycles. The maximum absolute atomic E-state index is 13.7. The molecule has 0 saturated carbocycles. The first-order valence-electron chi connectivity index (χ1n) is 8.72. The Labute approximate surface area is 158 Å². The molecule has 1 aliphatic heterocycles. The highest BCUT2D eigenvalue weighted by Crippen LogP contribution is 2.24. The van der Waals surface area contributed by atoms with Gasteiger partial charge in [-0.25, -0.2) is 17.6 Å². The molecular formula is C17H24FN3O5S. The molecule has 8 nitrogen and oxygen atoms in total. The van der Waals surface area contributed by atoms with Gasteiger partial charge in [0.15, 0.2) is 11.6 Å². The number of sulfonamides is 1. The van der Waals surface area contributed by atoms with Crippen molar-refractivity contribution in [1.29, 1.82) is 0 Å². The normalized spacial score (nSPS) is 14.6. The van der Waals surface area contributed by atoms with Crippen LogP contribution in [-0.2, 0) is 14.8 Å². The lowest BCUT2D eigenvalue weighted by atomic mass is 10.2. The van der Waals surface area contributed by atoms with Crippen LogP contribution in [0.15, 0.2) is 18.2 Å². The van der Waals surface area contributed by atoms with Crippen molar-refractivity contribution in [2.45, 2.75) is 39.2 Å². The van der Waals surface area contributed by atoms with E-state index in [4.69, 9.17) is 4.74 Å². The zero-order chi connectivity index (χ0) is 20.0. The van der Waals surface area contributed by atoms with Gasteiger partial charge in [0.2, 0.25) is 15.9 Å². The number of hydrogen-bond donors (Lipinski definition) is 2. The fourth-order valence-corrected chi connectivity index (χ4v) is 3.75. The van der Waals surface area contributed by atoms with Crippen LogP contribution >= 0.6 is 0 Å². The summed E-state index contributed by atoms with van der Waals surface area (Å²) in [5.41, 5.74) is 0.235. The number of hydrogen-bond acceptors (Lipinski definition) is 5. The lowest BCUT2D eigenvalue weighted by Crippen LogP contribution is -2.29. The maximum Gasteiger partial charge on any atom is 0.324 e. The molecule has 2 rings (SSSR count). The molecule has 27 heavy (non-hydrogen) atoms. The van der Waals surface area contributed by atoms with E-state index in [-0.39, 0.29) is 35.7 Å². The van der Waals surface area contributed by atoms with Gasteiger partial charge in [0.05, 0.1) is 17.5 Å². The molecule has 10 heteroatoms. The number of ether oxygens (including phenoxy) is 1. The molecular weight excluding hydrogens is 377 g/mol. The van der Waals surface area contributed by atoms with Crippen molar-refractivity contribution in [3.8, 4) is 5.75 Å². The number of urea groups is 1. The molecule has 1 aromatic carbocycles. The van der Waals surface area contributed by atoms with Gasteiger partial charge in [-0.15, -0.1) is 0 Å². The third kappa shape index (κ3) is 6.70. The second kappa shape index (κ2) is 9.03. The first-order valence-corrected chi connectivity index (χ1v) is 10.4. The summed E-state index contributed by atoms with van der Waals surface area (Å²) in [5, 5.41) is 2.18. The molecule has 0 spiro atoms. The Hall–Kier alpha value is -2.36. The third-order valence-corrected chi connectivity index (χ3v) is 5.15. The summed E-state index contributed by atoms with van der Waals surface area (Å²) in [7, 11) is -3.59. The topological polar surface area (TPSA) is 105 Å². The minimum Gasteiger partial charge on any atom is -0.488 e. The minimum absolute atomic E-state index is 0.0105. The molecule has 0 atom stereocenters. The molecule has 150 valence electrons. The molecule has 1 aliphatic rings. The SMILES string of the molecule is CC(C)Oc1cc(NS(=O)(=O)CCCCCN2CC(=O)NC2=O)ccc1F. The minimum atomic E-state index is -3.59. The number of amides is 3. The van der Waals surface area contributed by atoms with E-state index in [1.54, 1.807) is 13.8 Å². The first-order chi connectivity index (χ1) is 12.7. The molecule has 0 bridgehead atoms. The second-order valence-corrected chi connectivity index (χ2v) is 8.41. The molecule has 0 aliphatic carbocycles. The van der Waals surface area contributed by atoms with Gasteiger partial charge < -0.3 is 9.64 Å². The number of carbonyl (C=O) groups excluding carboxylic acids is 2. The fraction of sp³-hybridized carbons (Fsp3) is 0.529. The standard InChI is InChI=1S/C17H24FN3O5S/c1-12(2)26-15-10-13(6-7-14(15)18)20-27(24,25)9-5-3-4-8-21-11-16(22)19-17(21)23/h6-7,10,12,20H,3-5,8-9,11H2,1-2H3,(H,19,22,23). The predicted molar refractivity (Wildman–Crippen MR) is 98.5 cm³/mol. The van der Waals surface area contributed by atoms with Crippen LogP contribution in [0.1, 0.15) is 33.1 Å². The van der Waals surface area contributed by atoms with Gasteiger partial charge >= 0.3 is 6.03 Å². The van der Waals surface area contributed by atoms with Crippen LogP contribution in [0.2, 0.25) is 0 Å². The van der Waals surface area contributed by atoms with Gasteiger partial charge in [-0.1, -0.05) is 6.42 Å². The summed E-state index contributed by atoms with van der Waals surface area (Å²) in [6, 6.07) is 3.39. The largest absolute Gasteiger partial charge is 0.488 e. The Balaban J connectivity index is 1.78. The summed E-state index contributed by atoms with van der Waals surface area (Å²) in [5.74, 6) is -0.998. The third-order valence-electron chi connectivity index (χ3n) is 3.78. The molecule has 1 aromatic rings. The number of benzene rings is 1. The smallest absolute Gasteiger partial charge is 0.324 e. The van der Waals surface area contributed by atoms with Gasteiger partial charge in [-0.05, 0) is 38.8 Å². The molecule has 1 heterocycles. The van der Waals surface area contributed by atoms with Crippen LogP contribution in [0, 0.1) is 5.82 Å². The quantitative estimate of drug-likeness (QED) is 0.461. The van der Waals surface area contributed by atoms with E-state index in [1.165, 1.54) is 17.0 Å². The Morgan fingerprint density at radius 1 is 1.26 bits per heavy atom. The Morgan fingerprint density at radius 3 is 2.63 bits per heavy atom. The van der Waals surface area contributed by atoms with E-state index in [2.05, 4.69) is 10.0 Å². The van der Waals surface area contributed by atoms with Crippen LogP contribution in [-0.4, -0.2) is 50.2 Å². The lowest BCUT2D eigenvalue weighted by Gasteiger charge is -2.14. The zero-order valence-corrected chi connectivity index (χ0v) is 16.1. The number of carbonyl (C=O) groups is 2. The Kier molecular flexibility index (Phi) is 7.00. The van der Waals surface area contributed by atoms with Crippen molar-refractivity contribution in [2.24, 2.45) is 0 Å². The van der Waals surface area contributed by atoms with Gasteiger partial charge in [0, 0.05) is 12.6 Å². The molecule has 0 unspecified atom stereocenters. The van der Waals surface area contributed by atoms with Crippen molar-refractivity contribution in [1.82, 2.24) is 10.2 Å². The summed E-state index contributed by atoms with van der Waals surface area (Å²) in [6.45, 7) is 3.94. The van der Waals surface area contributed by atoms with E-state index in [9.17, 15) is 22.4 Å². The fourth-order valence-electron chi connectivity index (χ4n) is 2.58. The summed E-state index contributed by atoms with van der Waals surface area (Å²) in [4.78, 5) is 23.8. The van der Waals surface area contributed by atoms with E-state index in [0.29, 0.717) is 25.8 Å². The van der Waals surface area contributed by atoms with Crippen LogP contribution in [0.3, 0.4) is 0 Å². The average molecular weight is 401 g/mol. The molecule has 3 amide bonds. The van der Waals surface area contributed by atoms with Crippen LogP contribution < -0.4 is 14.8 Å². The predicted octanol–water partition coefficient (Wildman–Crippen LogP) is 2.08. The Bertz CT molecular complexity index is 798. The van der Waals surface area contributed by atoms with E-state index in [1.807, 2.05) is 0 Å². The van der Waals surface area contributed by atoms with Crippen LogP contribution in [0.4, 0.5) is 14.9 Å². The number of halogens is 1. The Morgan fingerprint density at radius 2 is 2.00 bits per heavy atom. The van der Waals surface area contributed by atoms with Gasteiger partial charge in [-0.2, -0.15) is 0 Å². The molecule has 0 radical (unpaired) electrons. The highest BCUT2D eigenvalue weighted by atomic mass is 32.2. The summed E-state index contributed by atoms with van der Waals surface area (Å²) < 4.78 is 45.7. The maximum atomic E-state index is 13.7. The number of rotatable bonds is 10. The number of nitrogens with one attached hydrogen (secondary N) is 2. The van der Waals surface area contributed by atoms with Crippen molar-refractivity contribution in [3.63, 3.8) is 0 Å². The van der Waals surface area contributed by atoms with Crippen molar-refractivity contribution in [2.75, 3.05) is 23.6 Å². The summed E-state index contributed by atoms with van der Waals surface area (Å²) in [6.07, 6.45) is 1.35. The highest BCUT2D eigenvalue weighted by molar-refractivity contribution is 7.92. The van der Waals surface area contributed by atoms with E-state index in [0.717, 1.165) is 6.07 Å². The van der Waals surface area contributed by atoms with E-state index < -0.39 is 21.9 Å². The average Bonchev–Trinajstić information content (AvgIpc) is 2.87. The molecule has 2 N–H and O–H groups in total. The van der Waals surface area contributed by atoms with Crippen molar-refractivity contribution < 1.29 is 27.1 Å². The molecule has 0 aromatic heterocycles. The highest BCUT2D eigenvalue weighted by Gasteiger charge is 2.25. The molecule has 1 fully saturated rings. The number of nitrogens with zero attached hydrogens (tertiary/aromatic N) is 1. The summed E-state index contributed by atoms with van der Waals surface area (Å²) >= 11 is 0. The second-order valence-electron chi connectivity index (χ2n) is 6.57. The zero-order valence-electron chi connectivity index (χ0n) is 15.3. The van der Waals surface area contributed by atoms with Crippen LogP contribution in [0.25, 0.3) is 0 Å². The van der Waals surface area contributed by atoms with Gasteiger partial charge in [-0.3, -0.25) is 14.8 Å². The monoisotopic (exact) mass is 401 g/mol.